The third kappa shape index (κ3) is 4.17. The Bertz CT molecular complexity index is 1090. The van der Waals surface area contributed by atoms with Crippen molar-refractivity contribution in [2.24, 2.45) is 5.41 Å². The van der Waals surface area contributed by atoms with E-state index in [1.54, 1.807) is 36.1 Å². The molecular formula is C23H30N2O4S. The number of ether oxygens (including phenoxy) is 1. The van der Waals surface area contributed by atoms with E-state index in [9.17, 15) is 13.2 Å². The van der Waals surface area contributed by atoms with Crippen LogP contribution in [0.25, 0.3) is 0 Å². The number of nitrogens with zero attached hydrogens (tertiary/aromatic N) is 1. The Morgan fingerprint density at radius 1 is 1.07 bits per heavy atom. The van der Waals surface area contributed by atoms with Gasteiger partial charge in [0, 0.05) is 12.6 Å². The van der Waals surface area contributed by atoms with Gasteiger partial charge >= 0.3 is 0 Å². The molecule has 0 bridgehead atoms. The summed E-state index contributed by atoms with van der Waals surface area (Å²) < 4.78 is 34.6. The second-order valence-corrected chi connectivity index (χ2v) is 10.3. The summed E-state index contributed by atoms with van der Waals surface area (Å²) in [6.45, 7) is 12.2. The lowest BCUT2D eigenvalue weighted by Crippen LogP contribution is -2.42. The Balaban J connectivity index is 1.98. The first-order valence-electron chi connectivity index (χ1n) is 10.2. The zero-order valence-electron chi connectivity index (χ0n) is 18.5. The Morgan fingerprint density at radius 2 is 1.73 bits per heavy atom. The van der Waals surface area contributed by atoms with Crippen molar-refractivity contribution in [3.63, 3.8) is 0 Å². The minimum atomic E-state index is -3.76. The number of rotatable bonds is 5. The van der Waals surface area contributed by atoms with E-state index in [1.807, 2.05) is 40.7 Å². The lowest BCUT2D eigenvalue weighted by atomic mass is 9.93. The van der Waals surface area contributed by atoms with Crippen LogP contribution in [-0.2, 0) is 14.8 Å². The number of carbonyl (C=O) groups is 1. The van der Waals surface area contributed by atoms with Gasteiger partial charge in [0.15, 0.2) is 0 Å². The molecule has 1 N–H and O–H groups in total. The summed E-state index contributed by atoms with van der Waals surface area (Å²) in [7, 11) is -3.76. The van der Waals surface area contributed by atoms with Crippen LogP contribution >= 0.6 is 0 Å². The van der Waals surface area contributed by atoms with Gasteiger partial charge in [0.2, 0.25) is 5.91 Å². The van der Waals surface area contributed by atoms with Crippen LogP contribution in [0.4, 0.5) is 11.4 Å². The highest BCUT2D eigenvalue weighted by Crippen LogP contribution is 2.38. The SMILES string of the molecule is CCCN1C(=O)C(C)(C)COc2cc(NS(=O)(=O)c3cc(C)c(C)cc3C)ccc21. The number of nitrogens with one attached hydrogen (secondary N) is 1. The molecule has 0 aliphatic carbocycles. The molecule has 7 heteroatoms. The number of hydrogen-bond donors (Lipinski definition) is 1. The number of sulfonamides is 1. The molecule has 0 atom stereocenters. The largest absolute Gasteiger partial charge is 0.490 e. The minimum Gasteiger partial charge on any atom is -0.490 e. The summed E-state index contributed by atoms with van der Waals surface area (Å²) in [5.41, 5.74) is 3.06. The maximum Gasteiger partial charge on any atom is 0.262 e. The Hall–Kier alpha value is -2.54. The lowest BCUT2D eigenvalue weighted by Gasteiger charge is -2.27. The summed E-state index contributed by atoms with van der Waals surface area (Å²) in [4.78, 5) is 14.9. The fraction of sp³-hybridized carbons (Fsp3) is 0.435. The van der Waals surface area contributed by atoms with Crippen LogP contribution in [0.15, 0.2) is 35.2 Å². The summed E-state index contributed by atoms with van der Waals surface area (Å²) in [6.07, 6.45) is 0.807. The standard InChI is InChI=1S/C23H30N2O4S/c1-7-10-25-19-9-8-18(13-20(19)29-14-23(5,6)22(25)26)24-30(27,28)21-12-16(3)15(2)11-17(21)4/h8-9,11-13,24H,7,10,14H2,1-6H3. The van der Waals surface area contributed by atoms with Gasteiger partial charge < -0.3 is 9.64 Å². The maximum atomic E-state index is 13.0. The fourth-order valence-electron chi connectivity index (χ4n) is 3.59. The van der Waals surface area contributed by atoms with E-state index < -0.39 is 15.4 Å². The highest BCUT2D eigenvalue weighted by Gasteiger charge is 2.37. The van der Waals surface area contributed by atoms with Crippen molar-refractivity contribution in [3.8, 4) is 5.75 Å². The summed E-state index contributed by atoms with van der Waals surface area (Å²) in [6, 6.07) is 8.64. The van der Waals surface area contributed by atoms with Crippen molar-refractivity contribution >= 4 is 27.3 Å². The zero-order valence-corrected chi connectivity index (χ0v) is 19.3. The smallest absolute Gasteiger partial charge is 0.262 e. The van der Waals surface area contributed by atoms with E-state index >= 15 is 0 Å². The van der Waals surface area contributed by atoms with Crippen molar-refractivity contribution in [2.75, 3.05) is 22.8 Å². The van der Waals surface area contributed by atoms with Crippen molar-refractivity contribution < 1.29 is 17.9 Å². The summed E-state index contributed by atoms with van der Waals surface area (Å²) >= 11 is 0. The highest BCUT2D eigenvalue weighted by atomic mass is 32.2. The van der Waals surface area contributed by atoms with Crippen LogP contribution in [0, 0.1) is 26.2 Å². The van der Waals surface area contributed by atoms with E-state index in [2.05, 4.69) is 4.72 Å². The van der Waals surface area contributed by atoms with E-state index in [0.717, 1.165) is 17.5 Å². The summed E-state index contributed by atoms with van der Waals surface area (Å²) in [5, 5.41) is 0. The van der Waals surface area contributed by atoms with E-state index in [0.29, 0.717) is 29.2 Å². The van der Waals surface area contributed by atoms with E-state index in [1.165, 1.54) is 0 Å². The van der Waals surface area contributed by atoms with Crippen molar-refractivity contribution in [1.29, 1.82) is 0 Å². The molecule has 6 nitrogen and oxygen atoms in total. The highest BCUT2D eigenvalue weighted by molar-refractivity contribution is 7.92. The first kappa shape index (κ1) is 22.2. The van der Waals surface area contributed by atoms with Crippen LogP contribution in [0.3, 0.4) is 0 Å². The number of benzene rings is 2. The van der Waals surface area contributed by atoms with Crippen LogP contribution in [0.2, 0.25) is 0 Å². The van der Waals surface area contributed by atoms with Crippen LogP contribution in [0.1, 0.15) is 43.9 Å². The van der Waals surface area contributed by atoms with Gasteiger partial charge in [-0.15, -0.1) is 0 Å². The van der Waals surface area contributed by atoms with Crippen molar-refractivity contribution in [1.82, 2.24) is 0 Å². The molecule has 1 aliphatic rings. The predicted octanol–water partition coefficient (Wildman–Crippen LogP) is 4.57. The number of fused-ring (bicyclic) bond motifs is 1. The quantitative estimate of drug-likeness (QED) is 0.754. The average Bonchev–Trinajstić information content (AvgIpc) is 2.75. The molecule has 0 saturated carbocycles. The molecule has 0 unspecified atom stereocenters. The topological polar surface area (TPSA) is 75.7 Å². The van der Waals surface area contributed by atoms with Gasteiger partial charge in [-0.3, -0.25) is 9.52 Å². The van der Waals surface area contributed by atoms with Gasteiger partial charge in [0.25, 0.3) is 10.0 Å². The first-order chi connectivity index (χ1) is 14.0. The van der Waals surface area contributed by atoms with Crippen molar-refractivity contribution in [3.05, 3.63) is 47.0 Å². The zero-order chi connectivity index (χ0) is 22.3. The second kappa shape index (κ2) is 7.95. The van der Waals surface area contributed by atoms with Crippen LogP contribution < -0.4 is 14.4 Å². The molecule has 1 aliphatic heterocycles. The fourth-order valence-corrected chi connectivity index (χ4v) is 4.95. The summed E-state index contributed by atoms with van der Waals surface area (Å²) in [5.74, 6) is 0.501. The molecule has 0 radical (unpaired) electrons. The van der Waals surface area contributed by atoms with Gasteiger partial charge in [-0.05, 0) is 75.9 Å². The molecule has 3 rings (SSSR count). The lowest BCUT2D eigenvalue weighted by molar-refractivity contribution is -0.127. The monoisotopic (exact) mass is 430 g/mol. The molecule has 0 fully saturated rings. The number of amides is 1. The van der Waals surface area contributed by atoms with Gasteiger partial charge in [-0.1, -0.05) is 13.0 Å². The maximum absolute atomic E-state index is 13.0. The van der Waals surface area contributed by atoms with Gasteiger partial charge in [0.1, 0.15) is 12.4 Å². The van der Waals surface area contributed by atoms with Gasteiger partial charge in [-0.2, -0.15) is 0 Å². The molecule has 0 saturated heterocycles. The molecule has 30 heavy (non-hydrogen) atoms. The molecule has 0 spiro atoms. The molecular weight excluding hydrogens is 400 g/mol. The van der Waals surface area contributed by atoms with Gasteiger partial charge in [0.05, 0.1) is 21.7 Å². The average molecular weight is 431 g/mol. The molecule has 2 aromatic rings. The Kier molecular flexibility index (Phi) is 5.87. The number of anilines is 2. The molecule has 1 heterocycles. The van der Waals surface area contributed by atoms with Crippen LogP contribution in [0.5, 0.6) is 5.75 Å². The van der Waals surface area contributed by atoms with Gasteiger partial charge in [-0.25, -0.2) is 8.42 Å². The Labute approximate surface area is 179 Å². The predicted molar refractivity (Wildman–Crippen MR) is 120 cm³/mol. The molecule has 2 aromatic carbocycles. The van der Waals surface area contributed by atoms with E-state index in [4.69, 9.17) is 4.74 Å². The molecule has 162 valence electrons. The third-order valence-electron chi connectivity index (χ3n) is 5.44. The van der Waals surface area contributed by atoms with E-state index in [-0.39, 0.29) is 17.4 Å². The number of aryl methyl sites for hydroxylation is 3. The Morgan fingerprint density at radius 3 is 2.40 bits per heavy atom. The molecule has 0 aromatic heterocycles. The second-order valence-electron chi connectivity index (χ2n) is 8.62. The van der Waals surface area contributed by atoms with Crippen LogP contribution in [-0.4, -0.2) is 27.5 Å². The first-order valence-corrected chi connectivity index (χ1v) is 11.6. The molecule has 1 amide bonds. The van der Waals surface area contributed by atoms with Crippen molar-refractivity contribution in [2.45, 2.75) is 52.9 Å². The third-order valence-corrected chi connectivity index (χ3v) is 6.97. The number of hydrogen-bond acceptors (Lipinski definition) is 4. The number of carbonyl (C=O) groups excluding carboxylic acids is 1. The normalized spacial score (nSPS) is 15.9. The minimum absolute atomic E-state index is 0.00202.